The summed E-state index contributed by atoms with van der Waals surface area (Å²) in [5.74, 6) is 0. The van der Waals surface area contributed by atoms with Gasteiger partial charge in [-0.3, -0.25) is 0 Å². The lowest BCUT2D eigenvalue weighted by atomic mass is 9.99. The van der Waals surface area contributed by atoms with Crippen LogP contribution < -0.4 is 5.32 Å². The molecule has 1 aliphatic heterocycles. The predicted octanol–water partition coefficient (Wildman–Crippen LogP) is 2.91. The average Bonchev–Trinajstić information content (AvgIpc) is 2.01. The van der Waals surface area contributed by atoms with Crippen molar-refractivity contribution in [2.45, 2.75) is 51.6 Å². The second-order valence-electron chi connectivity index (χ2n) is 3.44. The third kappa shape index (κ3) is 4.13. The Morgan fingerprint density at radius 3 is 2.75 bits per heavy atom. The van der Waals surface area contributed by atoms with Crippen LogP contribution in [-0.4, -0.2) is 12.1 Å². The number of halogens is 1. The molecule has 0 saturated carbocycles. The quantitative estimate of drug-likeness (QED) is 0.659. The van der Waals surface area contributed by atoms with Crippen molar-refractivity contribution < 1.29 is 0 Å². The number of hydrogen-bond donors (Lipinski definition) is 1. The van der Waals surface area contributed by atoms with Gasteiger partial charge < -0.3 is 5.32 Å². The molecule has 1 fully saturated rings. The number of rotatable bonds is 2. The molecule has 0 spiro atoms. The Kier molecular flexibility index (Phi) is 6.49. The Bertz CT molecular complexity index is 134. The second kappa shape index (κ2) is 6.50. The third-order valence-electron chi connectivity index (χ3n) is 2.25. The van der Waals surface area contributed by atoms with Crippen LogP contribution in [0.5, 0.6) is 0 Å². The minimum atomic E-state index is 0. The van der Waals surface area contributed by atoms with Gasteiger partial charge in [-0.05, 0) is 26.2 Å². The third-order valence-corrected chi connectivity index (χ3v) is 2.25. The fourth-order valence-corrected chi connectivity index (χ4v) is 1.63. The van der Waals surface area contributed by atoms with Gasteiger partial charge in [0, 0.05) is 12.1 Å². The van der Waals surface area contributed by atoms with Crippen molar-refractivity contribution in [2.75, 3.05) is 0 Å². The van der Waals surface area contributed by atoms with Crippen molar-refractivity contribution in [1.29, 1.82) is 0 Å². The highest BCUT2D eigenvalue weighted by Gasteiger charge is 2.14. The van der Waals surface area contributed by atoms with E-state index in [4.69, 9.17) is 0 Å². The van der Waals surface area contributed by atoms with Crippen molar-refractivity contribution in [3.05, 3.63) is 12.2 Å². The number of nitrogens with one attached hydrogen (secondary N) is 1. The molecule has 0 aromatic carbocycles. The van der Waals surface area contributed by atoms with Crippen molar-refractivity contribution in [2.24, 2.45) is 0 Å². The van der Waals surface area contributed by atoms with Crippen molar-refractivity contribution in [1.82, 2.24) is 5.32 Å². The van der Waals surface area contributed by atoms with Gasteiger partial charge >= 0.3 is 0 Å². The van der Waals surface area contributed by atoms with Crippen molar-refractivity contribution in [3.63, 3.8) is 0 Å². The second-order valence-corrected chi connectivity index (χ2v) is 3.44. The van der Waals surface area contributed by atoms with E-state index in [2.05, 4.69) is 31.3 Å². The molecular formula is C10H20ClN. The Labute approximate surface area is 82.0 Å². The number of allylic oxidation sites excluding steroid dienone is 1. The van der Waals surface area contributed by atoms with Crippen LogP contribution in [0.25, 0.3) is 0 Å². The Balaban J connectivity index is 0.00000121. The fourth-order valence-electron chi connectivity index (χ4n) is 1.63. The maximum atomic E-state index is 3.56. The molecule has 72 valence electrons. The smallest absolute Gasteiger partial charge is 0.0252 e. The molecule has 0 aromatic heterocycles. The SMILES string of the molecule is CCC=C[C@@H]1CCC[C@@H](C)N1.Cl. The maximum Gasteiger partial charge on any atom is 0.0252 e. The largest absolute Gasteiger partial charge is 0.308 e. The molecule has 1 saturated heterocycles. The van der Waals surface area contributed by atoms with Gasteiger partial charge in [0.15, 0.2) is 0 Å². The standard InChI is InChI=1S/C10H19N.ClH/c1-3-4-7-10-8-5-6-9(2)11-10;/h4,7,9-11H,3,5-6,8H2,1-2H3;1H/t9-,10-;/m1./s1. The zero-order valence-corrected chi connectivity index (χ0v) is 8.86. The van der Waals surface area contributed by atoms with Crippen molar-refractivity contribution in [3.8, 4) is 0 Å². The first-order chi connectivity index (χ1) is 5.33. The number of hydrogen-bond acceptors (Lipinski definition) is 1. The summed E-state index contributed by atoms with van der Waals surface area (Å²) < 4.78 is 0. The minimum absolute atomic E-state index is 0. The van der Waals surface area contributed by atoms with E-state index in [-0.39, 0.29) is 12.4 Å². The lowest BCUT2D eigenvalue weighted by Crippen LogP contribution is -2.39. The van der Waals surface area contributed by atoms with Gasteiger partial charge in [-0.1, -0.05) is 25.5 Å². The average molecular weight is 190 g/mol. The van der Waals surface area contributed by atoms with E-state index < -0.39 is 0 Å². The first-order valence-electron chi connectivity index (χ1n) is 4.75. The Morgan fingerprint density at radius 1 is 1.42 bits per heavy atom. The van der Waals surface area contributed by atoms with E-state index in [1.165, 1.54) is 19.3 Å². The molecule has 0 aliphatic carbocycles. The van der Waals surface area contributed by atoms with Gasteiger partial charge in [0.2, 0.25) is 0 Å². The molecule has 0 aromatic rings. The molecule has 12 heavy (non-hydrogen) atoms. The van der Waals surface area contributed by atoms with E-state index in [0.717, 1.165) is 12.5 Å². The molecule has 1 heterocycles. The first-order valence-corrected chi connectivity index (χ1v) is 4.75. The van der Waals surface area contributed by atoms with Crippen molar-refractivity contribution >= 4 is 12.4 Å². The fraction of sp³-hybridized carbons (Fsp3) is 0.800. The zero-order chi connectivity index (χ0) is 8.10. The van der Waals surface area contributed by atoms with Gasteiger partial charge in [0.25, 0.3) is 0 Å². The highest BCUT2D eigenvalue weighted by atomic mass is 35.5. The summed E-state index contributed by atoms with van der Waals surface area (Å²) in [5, 5.41) is 3.56. The predicted molar refractivity (Wildman–Crippen MR) is 56.9 cm³/mol. The van der Waals surface area contributed by atoms with E-state index in [0.29, 0.717) is 6.04 Å². The zero-order valence-electron chi connectivity index (χ0n) is 8.05. The summed E-state index contributed by atoms with van der Waals surface area (Å²) in [6, 6.07) is 1.37. The molecular weight excluding hydrogens is 170 g/mol. The molecule has 0 bridgehead atoms. The highest BCUT2D eigenvalue weighted by molar-refractivity contribution is 5.85. The molecule has 1 aliphatic rings. The summed E-state index contributed by atoms with van der Waals surface area (Å²) in [5.41, 5.74) is 0. The number of piperidine rings is 1. The molecule has 1 nitrogen and oxygen atoms in total. The molecule has 0 unspecified atom stereocenters. The van der Waals surface area contributed by atoms with Crippen LogP contribution in [0, 0.1) is 0 Å². The monoisotopic (exact) mass is 189 g/mol. The van der Waals surface area contributed by atoms with Gasteiger partial charge in [0.05, 0.1) is 0 Å². The summed E-state index contributed by atoms with van der Waals surface area (Å²) in [6.45, 7) is 4.45. The normalized spacial score (nSPS) is 30.2. The topological polar surface area (TPSA) is 12.0 Å². The maximum absolute atomic E-state index is 3.56. The Morgan fingerprint density at radius 2 is 2.17 bits per heavy atom. The van der Waals surface area contributed by atoms with E-state index in [1.54, 1.807) is 0 Å². The minimum Gasteiger partial charge on any atom is -0.308 e. The van der Waals surface area contributed by atoms with E-state index in [1.807, 2.05) is 0 Å². The van der Waals surface area contributed by atoms with Gasteiger partial charge in [-0.15, -0.1) is 12.4 Å². The summed E-state index contributed by atoms with van der Waals surface area (Å²) in [4.78, 5) is 0. The highest BCUT2D eigenvalue weighted by Crippen LogP contribution is 2.12. The summed E-state index contributed by atoms with van der Waals surface area (Å²) in [6.07, 6.45) is 9.78. The van der Waals surface area contributed by atoms with Crippen LogP contribution in [0.2, 0.25) is 0 Å². The van der Waals surface area contributed by atoms with Gasteiger partial charge in [-0.2, -0.15) is 0 Å². The molecule has 1 N–H and O–H groups in total. The van der Waals surface area contributed by atoms with Crippen LogP contribution in [0.15, 0.2) is 12.2 Å². The Hall–Kier alpha value is -0.0100. The summed E-state index contributed by atoms with van der Waals surface area (Å²) >= 11 is 0. The lowest BCUT2D eigenvalue weighted by molar-refractivity contribution is 0.374. The first kappa shape index (κ1) is 12.0. The molecule has 0 amide bonds. The van der Waals surface area contributed by atoms with E-state index >= 15 is 0 Å². The van der Waals surface area contributed by atoms with Crippen LogP contribution in [0.3, 0.4) is 0 Å². The lowest BCUT2D eigenvalue weighted by Gasteiger charge is -2.26. The molecule has 1 rings (SSSR count). The van der Waals surface area contributed by atoms with Gasteiger partial charge in [-0.25, -0.2) is 0 Å². The van der Waals surface area contributed by atoms with E-state index in [9.17, 15) is 0 Å². The van der Waals surface area contributed by atoms with Crippen LogP contribution in [0.1, 0.15) is 39.5 Å². The molecule has 0 radical (unpaired) electrons. The van der Waals surface area contributed by atoms with Gasteiger partial charge in [0.1, 0.15) is 0 Å². The molecule has 2 heteroatoms. The van der Waals surface area contributed by atoms with Crippen LogP contribution in [0.4, 0.5) is 0 Å². The van der Waals surface area contributed by atoms with Crippen LogP contribution >= 0.6 is 12.4 Å². The van der Waals surface area contributed by atoms with Crippen LogP contribution in [-0.2, 0) is 0 Å². The molecule has 2 atom stereocenters. The summed E-state index contributed by atoms with van der Waals surface area (Å²) in [7, 11) is 0.